The average molecular weight is 122 g/mol. The second kappa shape index (κ2) is 2.31. The van der Waals surface area contributed by atoms with Crippen molar-refractivity contribution in [1.29, 1.82) is 5.26 Å². The highest BCUT2D eigenvalue weighted by Gasteiger charge is 1.96. The number of aryl methyl sites for hydroxylation is 1. The zero-order chi connectivity index (χ0) is 6.69. The Kier molecular flexibility index (Phi) is 1.50. The first-order valence-corrected chi connectivity index (χ1v) is 2.61. The Morgan fingerprint density at radius 1 is 1.89 bits per heavy atom. The number of nitriles is 1. The highest BCUT2D eigenvalue weighted by atomic mass is 16.3. The third-order valence-corrected chi connectivity index (χ3v) is 0.899. The van der Waals surface area contributed by atoms with Gasteiger partial charge < -0.3 is 4.42 Å². The van der Waals surface area contributed by atoms with Crippen molar-refractivity contribution in [2.45, 2.75) is 13.3 Å². The largest absolute Gasteiger partial charge is 0.445 e. The molecule has 0 aliphatic rings. The molecule has 0 radical (unpaired) electrons. The van der Waals surface area contributed by atoms with E-state index < -0.39 is 0 Å². The van der Waals surface area contributed by atoms with Gasteiger partial charge in [0.1, 0.15) is 12.2 Å². The van der Waals surface area contributed by atoms with Crippen LogP contribution in [0.1, 0.15) is 11.7 Å². The summed E-state index contributed by atoms with van der Waals surface area (Å²) < 4.78 is 4.99. The van der Waals surface area contributed by atoms with E-state index in [4.69, 9.17) is 9.68 Å². The van der Waals surface area contributed by atoms with Gasteiger partial charge in [0.05, 0.1) is 12.3 Å². The van der Waals surface area contributed by atoms with Crippen LogP contribution in [0.4, 0.5) is 0 Å². The summed E-state index contributed by atoms with van der Waals surface area (Å²) in [6.45, 7) is 1.80. The second-order valence-electron chi connectivity index (χ2n) is 1.70. The minimum atomic E-state index is 0.258. The smallest absolute Gasteiger partial charge is 0.208 e. The quantitative estimate of drug-likeness (QED) is 0.559. The van der Waals surface area contributed by atoms with Crippen LogP contribution in [0.2, 0.25) is 0 Å². The normalized spacial score (nSPS) is 8.89. The molecule has 0 saturated carbocycles. The lowest BCUT2D eigenvalue weighted by atomic mass is 10.5. The standard InChI is InChI=1S/C6H6N2O/c1-5-4-8-6(9-5)2-3-7/h4H,2H2,1H3. The van der Waals surface area contributed by atoms with E-state index in [1.807, 2.05) is 6.07 Å². The van der Waals surface area contributed by atoms with E-state index in [0.717, 1.165) is 5.76 Å². The molecule has 0 amide bonds. The van der Waals surface area contributed by atoms with Gasteiger partial charge in [0.15, 0.2) is 0 Å². The fourth-order valence-electron chi connectivity index (χ4n) is 0.551. The maximum atomic E-state index is 8.18. The molecule has 0 atom stereocenters. The van der Waals surface area contributed by atoms with Crippen LogP contribution in [0.5, 0.6) is 0 Å². The first kappa shape index (κ1) is 5.83. The minimum Gasteiger partial charge on any atom is -0.445 e. The zero-order valence-corrected chi connectivity index (χ0v) is 5.09. The molecule has 9 heavy (non-hydrogen) atoms. The Morgan fingerprint density at radius 2 is 2.67 bits per heavy atom. The van der Waals surface area contributed by atoms with E-state index in [1.54, 1.807) is 13.1 Å². The summed E-state index contributed by atoms with van der Waals surface area (Å²) >= 11 is 0. The maximum absolute atomic E-state index is 8.18. The monoisotopic (exact) mass is 122 g/mol. The van der Waals surface area contributed by atoms with Crippen LogP contribution in [0.15, 0.2) is 10.6 Å². The van der Waals surface area contributed by atoms with Crippen LogP contribution >= 0.6 is 0 Å². The van der Waals surface area contributed by atoms with Gasteiger partial charge >= 0.3 is 0 Å². The minimum absolute atomic E-state index is 0.258. The molecule has 0 unspecified atom stereocenters. The lowest BCUT2D eigenvalue weighted by Gasteiger charge is -1.78. The van der Waals surface area contributed by atoms with Gasteiger partial charge in [-0.25, -0.2) is 4.98 Å². The zero-order valence-electron chi connectivity index (χ0n) is 5.09. The molecule has 46 valence electrons. The fraction of sp³-hybridized carbons (Fsp3) is 0.333. The van der Waals surface area contributed by atoms with Crippen LogP contribution in [0, 0.1) is 18.3 Å². The summed E-state index contributed by atoms with van der Waals surface area (Å²) in [5.41, 5.74) is 0. The van der Waals surface area contributed by atoms with Crippen molar-refractivity contribution < 1.29 is 4.42 Å². The molecule has 1 aromatic heterocycles. The average Bonchev–Trinajstić information content (AvgIpc) is 2.17. The highest BCUT2D eigenvalue weighted by Crippen LogP contribution is 2.00. The van der Waals surface area contributed by atoms with Gasteiger partial charge in [-0.3, -0.25) is 0 Å². The molecule has 0 spiro atoms. The Hall–Kier alpha value is -1.30. The van der Waals surface area contributed by atoms with Gasteiger partial charge in [0.2, 0.25) is 5.89 Å². The van der Waals surface area contributed by atoms with E-state index in [2.05, 4.69) is 4.98 Å². The van der Waals surface area contributed by atoms with Gasteiger partial charge in [-0.2, -0.15) is 5.26 Å². The van der Waals surface area contributed by atoms with Crippen molar-refractivity contribution >= 4 is 0 Å². The summed E-state index contributed by atoms with van der Waals surface area (Å²) in [6.07, 6.45) is 1.86. The molecule has 0 bridgehead atoms. The topological polar surface area (TPSA) is 49.8 Å². The molecule has 3 nitrogen and oxygen atoms in total. The summed E-state index contributed by atoms with van der Waals surface area (Å²) in [5, 5.41) is 8.18. The van der Waals surface area contributed by atoms with Crippen molar-refractivity contribution in [3.05, 3.63) is 17.8 Å². The first-order valence-electron chi connectivity index (χ1n) is 2.61. The number of oxazole rings is 1. The third-order valence-electron chi connectivity index (χ3n) is 0.899. The summed E-state index contributed by atoms with van der Waals surface area (Å²) in [7, 11) is 0. The summed E-state index contributed by atoms with van der Waals surface area (Å²) in [5.74, 6) is 1.25. The van der Waals surface area contributed by atoms with Crippen molar-refractivity contribution in [3.8, 4) is 6.07 Å². The molecule has 3 heteroatoms. The lowest BCUT2D eigenvalue weighted by molar-refractivity contribution is 0.485. The molecule has 1 rings (SSSR count). The SMILES string of the molecule is Cc1cnc(CC#N)o1. The number of hydrogen-bond acceptors (Lipinski definition) is 3. The maximum Gasteiger partial charge on any atom is 0.208 e. The van der Waals surface area contributed by atoms with Crippen molar-refractivity contribution in [2.75, 3.05) is 0 Å². The van der Waals surface area contributed by atoms with Crippen molar-refractivity contribution in [2.24, 2.45) is 0 Å². The van der Waals surface area contributed by atoms with E-state index in [-0.39, 0.29) is 6.42 Å². The second-order valence-corrected chi connectivity index (χ2v) is 1.70. The molecule has 1 aromatic rings. The van der Waals surface area contributed by atoms with E-state index >= 15 is 0 Å². The lowest BCUT2D eigenvalue weighted by Crippen LogP contribution is -1.76. The number of nitrogens with zero attached hydrogens (tertiary/aromatic N) is 2. The molecule has 1 heterocycles. The third kappa shape index (κ3) is 1.29. The molecular formula is C6H6N2O. The van der Waals surface area contributed by atoms with Gasteiger partial charge in [-0.1, -0.05) is 0 Å². The highest BCUT2D eigenvalue weighted by molar-refractivity contribution is 4.95. The van der Waals surface area contributed by atoms with Gasteiger partial charge in [-0.05, 0) is 6.92 Å². The summed E-state index contributed by atoms with van der Waals surface area (Å²) in [4.78, 5) is 3.82. The van der Waals surface area contributed by atoms with E-state index in [1.165, 1.54) is 0 Å². The Morgan fingerprint density at radius 3 is 3.11 bits per heavy atom. The van der Waals surface area contributed by atoms with Crippen LogP contribution in [0.25, 0.3) is 0 Å². The van der Waals surface area contributed by atoms with Crippen molar-refractivity contribution in [3.63, 3.8) is 0 Å². The Balaban J connectivity index is 2.76. The molecule has 0 aromatic carbocycles. The molecule has 0 aliphatic carbocycles. The molecule has 0 fully saturated rings. The van der Waals surface area contributed by atoms with Crippen LogP contribution in [-0.2, 0) is 6.42 Å². The van der Waals surface area contributed by atoms with Crippen LogP contribution in [0.3, 0.4) is 0 Å². The molecular weight excluding hydrogens is 116 g/mol. The molecule has 0 N–H and O–H groups in total. The van der Waals surface area contributed by atoms with Crippen LogP contribution in [-0.4, -0.2) is 4.98 Å². The Labute approximate surface area is 52.9 Å². The predicted octanol–water partition coefficient (Wildman–Crippen LogP) is 1.05. The van der Waals surface area contributed by atoms with Crippen LogP contribution < -0.4 is 0 Å². The number of rotatable bonds is 1. The van der Waals surface area contributed by atoms with E-state index in [9.17, 15) is 0 Å². The van der Waals surface area contributed by atoms with Gasteiger partial charge in [-0.15, -0.1) is 0 Å². The predicted molar refractivity (Wildman–Crippen MR) is 30.6 cm³/mol. The number of aromatic nitrogens is 1. The first-order chi connectivity index (χ1) is 4.33. The number of hydrogen-bond donors (Lipinski definition) is 0. The van der Waals surface area contributed by atoms with Gasteiger partial charge in [0.25, 0.3) is 0 Å². The Bertz CT molecular complexity index is 233. The molecule has 0 aliphatic heterocycles. The van der Waals surface area contributed by atoms with Gasteiger partial charge in [0, 0.05) is 0 Å². The summed E-state index contributed by atoms with van der Waals surface area (Å²) in [6, 6.07) is 1.94. The van der Waals surface area contributed by atoms with Crippen molar-refractivity contribution in [1.82, 2.24) is 4.98 Å². The van der Waals surface area contributed by atoms with E-state index in [0.29, 0.717) is 5.89 Å². The fourth-order valence-corrected chi connectivity index (χ4v) is 0.551. The molecule has 0 saturated heterocycles.